The van der Waals surface area contributed by atoms with E-state index < -0.39 is 11.6 Å². The Kier molecular flexibility index (Phi) is 4.52. The summed E-state index contributed by atoms with van der Waals surface area (Å²) in [6.45, 7) is 6.20. The van der Waals surface area contributed by atoms with E-state index in [0.29, 0.717) is 17.8 Å². The molecule has 1 saturated carbocycles. The minimum Gasteiger partial charge on any atom is -0.478 e. The molecule has 3 heteroatoms. The standard InChI is InChI=1S/C18H24O3/c1-12-8-9-14-11-18(3,21)10-13(2)17(14)15(12)6-4-5-7-16(19)20/h4-9,13-14,17,21H,10-11H2,1-3H3,(H,19,20)/b6-4+,7-5+/t13-,14+,17+,18-/m1/s1. The number of carboxylic acid groups (broad SMARTS) is 1. The number of carboxylic acids is 1. The van der Waals surface area contributed by atoms with Gasteiger partial charge in [0, 0.05) is 6.08 Å². The molecule has 21 heavy (non-hydrogen) atoms. The third-order valence-corrected chi connectivity index (χ3v) is 4.55. The van der Waals surface area contributed by atoms with Crippen LogP contribution in [0.2, 0.25) is 0 Å². The van der Waals surface area contributed by atoms with Crippen LogP contribution in [0.3, 0.4) is 0 Å². The van der Waals surface area contributed by atoms with Gasteiger partial charge in [0.05, 0.1) is 5.60 Å². The van der Waals surface area contributed by atoms with Crippen LogP contribution in [0.15, 0.2) is 47.6 Å². The van der Waals surface area contributed by atoms with Gasteiger partial charge in [-0.3, -0.25) is 0 Å². The lowest BCUT2D eigenvalue weighted by atomic mass is 9.62. The average Bonchev–Trinajstić information content (AvgIpc) is 2.35. The molecule has 0 aromatic carbocycles. The number of allylic oxidation sites excluding steroid dienone is 7. The van der Waals surface area contributed by atoms with Gasteiger partial charge >= 0.3 is 5.97 Å². The number of rotatable bonds is 3. The van der Waals surface area contributed by atoms with Crippen LogP contribution < -0.4 is 0 Å². The van der Waals surface area contributed by atoms with Gasteiger partial charge in [0.2, 0.25) is 0 Å². The van der Waals surface area contributed by atoms with Gasteiger partial charge in [0.15, 0.2) is 0 Å². The molecular weight excluding hydrogens is 264 g/mol. The number of carbonyl (C=O) groups is 1. The van der Waals surface area contributed by atoms with Crippen LogP contribution in [0.25, 0.3) is 0 Å². The first kappa shape index (κ1) is 15.8. The summed E-state index contributed by atoms with van der Waals surface area (Å²) in [6, 6.07) is 0. The fourth-order valence-corrected chi connectivity index (χ4v) is 3.85. The number of aliphatic carboxylic acids is 1. The lowest BCUT2D eigenvalue weighted by Crippen LogP contribution is -2.42. The summed E-state index contributed by atoms with van der Waals surface area (Å²) < 4.78 is 0. The molecule has 2 aliphatic carbocycles. The van der Waals surface area contributed by atoms with Gasteiger partial charge in [-0.25, -0.2) is 4.79 Å². The first-order valence-corrected chi connectivity index (χ1v) is 7.49. The molecule has 0 aromatic heterocycles. The first-order chi connectivity index (χ1) is 9.80. The zero-order chi connectivity index (χ0) is 15.6. The van der Waals surface area contributed by atoms with Crippen molar-refractivity contribution in [3.8, 4) is 0 Å². The molecule has 0 aromatic rings. The highest BCUT2D eigenvalue weighted by molar-refractivity contribution is 5.80. The van der Waals surface area contributed by atoms with Gasteiger partial charge in [-0.1, -0.05) is 37.3 Å². The van der Waals surface area contributed by atoms with Crippen molar-refractivity contribution in [2.75, 3.05) is 0 Å². The van der Waals surface area contributed by atoms with Crippen LogP contribution in [0.5, 0.6) is 0 Å². The molecule has 1 fully saturated rings. The van der Waals surface area contributed by atoms with Crippen LogP contribution in [0.1, 0.15) is 33.6 Å². The van der Waals surface area contributed by atoms with Gasteiger partial charge < -0.3 is 10.2 Å². The molecule has 114 valence electrons. The van der Waals surface area contributed by atoms with Gasteiger partial charge in [-0.15, -0.1) is 0 Å². The van der Waals surface area contributed by atoms with Crippen LogP contribution in [0.4, 0.5) is 0 Å². The summed E-state index contributed by atoms with van der Waals surface area (Å²) in [6.07, 6.45) is 12.4. The maximum atomic E-state index is 10.5. The van der Waals surface area contributed by atoms with E-state index >= 15 is 0 Å². The summed E-state index contributed by atoms with van der Waals surface area (Å²) >= 11 is 0. The van der Waals surface area contributed by atoms with E-state index in [4.69, 9.17) is 5.11 Å². The van der Waals surface area contributed by atoms with Crippen LogP contribution in [0, 0.1) is 17.8 Å². The summed E-state index contributed by atoms with van der Waals surface area (Å²) in [4.78, 5) is 10.5. The number of aliphatic hydroxyl groups is 1. The molecule has 3 nitrogen and oxygen atoms in total. The lowest BCUT2D eigenvalue weighted by Gasteiger charge is -2.45. The van der Waals surface area contributed by atoms with Gasteiger partial charge in [0.1, 0.15) is 0 Å². The molecule has 0 amide bonds. The maximum absolute atomic E-state index is 10.5. The van der Waals surface area contributed by atoms with E-state index in [9.17, 15) is 9.90 Å². The van der Waals surface area contributed by atoms with Crippen LogP contribution in [-0.4, -0.2) is 21.8 Å². The third-order valence-electron chi connectivity index (χ3n) is 4.55. The predicted molar refractivity (Wildman–Crippen MR) is 83.8 cm³/mol. The minimum absolute atomic E-state index is 0.357. The smallest absolute Gasteiger partial charge is 0.328 e. The SMILES string of the molecule is CC1=C(/C=C/C=C/C(=O)O)[C@H]2[C@H](C)C[C@@](C)(O)C[C@@H]2C=C1. The van der Waals surface area contributed by atoms with Crippen molar-refractivity contribution in [1.29, 1.82) is 0 Å². The molecule has 2 aliphatic rings. The Morgan fingerprint density at radius 1 is 1.38 bits per heavy atom. The molecule has 4 atom stereocenters. The minimum atomic E-state index is -0.936. The second-order valence-electron chi connectivity index (χ2n) is 6.63. The Bertz CT molecular complexity index is 535. The average molecular weight is 288 g/mol. The highest BCUT2D eigenvalue weighted by Crippen LogP contribution is 2.47. The molecule has 0 heterocycles. The van der Waals surface area contributed by atoms with E-state index in [0.717, 1.165) is 18.9 Å². The Balaban J connectivity index is 2.23. The molecule has 0 saturated heterocycles. The molecule has 0 bridgehead atoms. The van der Waals surface area contributed by atoms with Crippen molar-refractivity contribution in [3.05, 3.63) is 47.6 Å². The Morgan fingerprint density at radius 3 is 2.76 bits per heavy atom. The van der Waals surface area contributed by atoms with E-state index in [1.807, 2.05) is 13.0 Å². The van der Waals surface area contributed by atoms with Crippen molar-refractivity contribution < 1.29 is 15.0 Å². The summed E-state index contributed by atoms with van der Waals surface area (Å²) in [5.41, 5.74) is 1.90. The molecule has 0 unspecified atom stereocenters. The third kappa shape index (κ3) is 3.73. The van der Waals surface area contributed by atoms with E-state index in [-0.39, 0.29) is 0 Å². The zero-order valence-electron chi connectivity index (χ0n) is 12.9. The van der Waals surface area contributed by atoms with Gasteiger partial charge in [-0.05, 0) is 55.6 Å². The molecule has 2 rings (SSSR count). The lowest BCUT2D eigenvalue weighted by molar-refractivity contribution is -0.131. The van der Waals surface area contributed by atoms with Crippen LogP contribution in [-0.2, 0) is 4.79 Å². The molecule has 0 aliphatic heterocycles. The van der Waals surface area contributed by atoms with Crippen molar-refractivity contribution >= 4 is 5.97 Å². The molecular formula is C18H24O3. The van der Waals surface area contributed by atoms with Crippen molar-refractivity contribution in [1.82, 2.24) is 0 Å². The Hall–Kier alpha value is -1.61. The number of fused-ring (bicyclic) bond motifs is 1. The topological polar surface area (TPSA) is 57.5 Å². The van der Waals surface area contributed by atoms with E-state index in [1.165, 1.54) is 11.1 Å². The van der Waals surface area contributed by atoms with Gasteiger partial charge in [0.25, 0.3) is 0 Å². The number of hydrogen-bond donors (Lipinski definition) is 2. The fourth-order valence-electron chi connectivity index (χ4n) is 3.85. The number of hydrogen-bond acceptors (Lipinski definition) is 2. The van der Waals surface area contributed by atoms with Crippen LogP contribution >= 0.6 is 0 Å². The molecule has 0 spiro atoms. The van der Waals surface area contributed by atoms with E-state index in [2.05, 4.69) is 26.0 Å². The second kappa shape index (κ2) is 6.02. The van der Waals surface area contributed by atoms with Crippen molar-refractivity contribution in [2.45, 2.75) is 39.2 Å². The normalized spacial score (nSPS) is 36.5. The molecule has 2 N–H and O–H groups in total. The van der Waals surface area contributed by atoms with Gasteiger partial charge in [-0.2, -0.15) is 0 Å². The largest absolute Gasteiger partial charge is 0.478 e. The summed E-state index contributed by atoms with van der Waals surface area (Å²) in [5, 5.41) is 19.0. The first-order valence-electron chi connectivity index (χ1n) is 7.49. The summed E-state index contributed by atoms with van der Waals surface area (Å²) in [5.74, 6) is 0.232. The Morgan fingerprint density at radius 2 is 2.10 bits per heavy atom. The zero-order valence-corrected chi connectivity index (χ0v) is 12.9. The highest BCUT2D eigenvalue weighted by Gasteiger charge is 2.42. The maximum Gasteiger partial charge on any atom is 0.328 e. The quantitative estimate of drug-likeness (QED) is 0.617. The fraction of sp³-hybridized carbons (Fsp3) is 0.500. The monoisotopic (exact) mass is 288 g/mol. The second-order valence-corrected chi connectivity index (χ2v) is 6.63. The summed E-state index contributed by atoms with van der Waals surface area (Å²) in [7, 11) is 0. The van der Waals surface area contributed by atoms with Crippen molar-refractivity contribution in [2.24, 2.45) is 17.8 Å². The predicted octanol–water partition coefficient (Wildman–Crippen LogP) is 3.48. The van der Waals surface area contributed by atoms with E-state index in [1.54, 1.807) is 12.2 Å². The Labute approximate surface area is 126 Å². The highest BCUT2D eigenvalue weighted by atomic mass is 16.4. The molecule has 0 radical (unpaired) electrons. The van der Waals surface area contributed by atoms with Crippen molar-refractivity contribution in [3.63, 3.8) is 0 Å².